The van der Waals surface area contributed by atoms with E-state index in [2.05, 4.69) is 27.7 Å². The normalized spacial score (nSPS) is 11.4. The summed E-state index contributed by atoms with van der Waals surface area (Å²) < 4.78 is 0. The molecule has 0 aromatic rings. The first kappa shape index (κ1) is 20.4. The Kier molecular flexibility index (Phi) is 12.8. The summed E-state index contributed by atoms with van der Waals surface area (Å²) in [7, 11) is 0. The molecule has 0 atom stereocenters. The van der Waals surface area contributed by atoms with Gasteiger partial charge in [0.2, 0.25) is 5.91 Å². The topological polar surface area (TPSA) is 46.3 Å². The van der Waals surface area contributed by atoms with Crippen molar-refractivity contribution >= 4 is 5.91 Å². The van der Waals surface area contributed by atoms with Gasteiger partial charge in [-0.25, -0.2) is 0 Å². The van der Waals surface area contributed by atoms with E-state index in [-0.39, 0.29) is 0 Å². The van der Waals surface area contributed by atoms with Gasteiger partial charge < -0.3 is 10.6 Å². The maximum Gasteiger partial charge on any atom is 0.222 e. The Morgan fingerprint density at radius 3 is 1.76 bits per heavy atom. The molecule has 1 amide bonds. The molecular weight excluding hydrogens is 260 g/mol. The minimum atomic E-state index is 0.322. The highest BCUT2D eigenvalue weighted by Gasteiger charge is 2.17. The Balaban J connectivity index is 3.63. The minimum Gasteiger partial charge on any atom is -0.340 e. The number of unbranched alkanes of at least 4 members (excludes halogenated alkanes) is 7. The summed E-state index contributed by atoms with van der Waals surface area (Å²) in [6, 6.07) is 0.322. The third kappa shape index (κ3) is 11.7. The van der Waals surface area contributed by atoms with Gasteiger partial charge in [0.1, 0.15) is 0 Å². The second-order valence-corrected chi connectivity index (χ2v) is 6.90. The van der Waals surface area contributed by atoms with E-state index in [1.165, 1.54) is 38.5 Å². The zero-order valence-corrected chi connectivity index (χ0v) is 14.9. The molecule has 0 bridgehead atoms. The highest BCUT2D eigenvalue weighted by atomic mass is 16.2. The Morgan fingerprint density at radius 1 is 0.857 bits per heavy atom. The van der Waals surface area contributed by atoms with Gasteiger partial charge in [-0.05, 0) is 39.2 Å². The lowest BCUT2D eigenvalue weighted by Gasteiger charge is -2.28. The van der Waals surface area contributed by atoms with Crippen molar-refractivity contribution in [1.82, 2.24) is 4.90 Å². The smallest absolute Gasteiger partial charge is 0.222 e. The van der Waals surface area contributed by atoms with E-state index < -0.39 is 0 Å². The van der Waals surface area contributed by atoms with Crippen molar-refractivity contribution in [3.8, 4) is 0 Å². The van der Waals surface area contributed by atoms with Crippen LogP contribution in [0.5, 0.6) is 0 Å². The van der Waals surface area contributed by atoms with E-state index in [9.17, 15) is 4.79 Å². The van der Waals surface area contributed by atoms with Gasteiger partial charge in [0.25, 0.3) is 0 Å². The molecule has 0 unspecified atom stereocenters. The van der Waals surface area contributed by atoms with Crippen LogP contribution in [0.1, 0.15) is 85.5 Å². The molecule has 0 spiro atoms. The standard InChI is InChI=1S/C18H38N2O/c1-16(2)15-20(17(3)4)18(21)13-11-9-7-5-6-8-10-12-14-19/h16-17H,5-15,19H2,1-4H3. The molecule has 0 heterocycles. The molecule has 0 saturated heterocycles. The summed E-state index contributed by atoms with van der Waals surface area (Å²) in [5.74, 6) is 0.881. The summed E-state index contributed by atoms with van der Waals surface area (Å²) in [5.41, 5.74) is 5.48. The number of carbonyl (C=O) groups is 1. The third-order valence-corrected chi connectivity index (χ3v) is 3.85. The first-order chi connectivity index (χ1) is 9.99. The highest BCUT2D eigenvalue weighted by molar-refractivity contribution is 5.76. The van der Waals surface area contributed by atoms with Crippen molar-refractivity contribution < 1.29 is 4.79 Å². The SMILES string of the molecule is CC(C)CN(C(=O)CCCCCCCCCCN)C(C)C. The van der Waals surface area contributed by atoms with E-state index in [1.807, 2.05) is 4.90 Å². The van der Waals surface area contributed by atoms with Crippen LogP contribution >= 0.6 is 0 Å². The largest absolute Gasteiger partial charge is 0.340 e. The lowest BCUT2D eigenvalue weighted by Crippen LogP contribution is -2.39. The van der Waals surface area contributed by atoms with Crippen molar-refractivity contribution in [2.24, 2.45) is 11.7 Å². The fourth-order valence-corrected chi connectivity index (χ4v) is 2.62. The van der Waals surface area contributed by atoms with E-state index in [0.29, 0.717) is 17.9 Å². The third-order valence-electron chi connectivity index (χ3n) is 3.85. The Morgan fingerprint density at radius 2 is 1.33 bits per heavy atom. The molecule has 3 heteroatoms. The number of hydrogen-bond donors (Lipinski definition) is 1. The van der Waals surface area contributed by atoms with Crippen molar-refractivity contribution in [3.05, 3.63) is 0 Å². The van der Waals surface area contributed by atoms with Crippen molar-refractivity contribution in [1.29, 1.82) is 0 Å². The van der Waals surface area contributed by atoms with Crippen LogP contribution in [0.4, 0.5) is 0 Å². The molecule has 0 rings (SSSR count). The van der Waals surface area contributed by atoms with Gasteiger partial charge in [0.05, 0.1) is 0 Å². The molecule has 2 N–H and O–H groups in total. The van der Waals surface area contributed by atoms with Crippen LogP contribution in [0.2, 0.25) is 0 Å². The number of nitrogens with zero attached hydrogens (tertiary/aromatic N) is 1. The predicted molar refractivity (Wildman–Crippen MR) is 92.3 cm³/mol. The number of amides is 1. The maximum atomic E-state index is 12.2. The van der Waals surface area contributed by atoms with Gasteiger partial charge in [-0.2, -0.15) is 0 Å². The first-order valence-electron chi connectivity index (χ1n) is 8.98. The zero-order valence-electron chi connectivity index (χ0n) is 14.9. The monoisotopic (exact) mass is 298 g/mol. The summed E-state index contributed by atoms with van der Waals surface area (Å²) in [6.07, 6.45) is 10.6. The molecule has 21 heavy (non-hydrogen) atoms. The maximum absolute atomic E-state index is 12.2. The quantitative estimate of drug-likeness (QED) is 0.514. The molecule has 0 aliphatic carbocycles. The highest BCUT2D eigenvalue weighted by Crippen LogP contribution is 2.12. The lowest BCUT2D eigenvalue weighted by atomic mass is 10.1. The van der Waals surface area contributed by atoms with Crippen LogP contribution in [-0.2, 0) is 4.79 Å². The second-order valence-electron chi connectivity index (χ2n) is 6.90. The second kappa shape index (κ2) is 13.1. The predicted octanol–water partition coefficient (Wildman–Crippen LogP) is 4.35. The Hall–Kier alpha value is -0.570. The Bertz CT molecular complexity index is 252. The molecular formula is C18H38N2O. The lowest BCUT2D eigenvalue weighted by molar-refractivity contribution is -0.133. The summed E-state index contributed by atoms with van der Waals surface area (Å²) in [4.78, 5) is 14.3. The summed E-state index contributed by atoms with van der Waals surface area (Å²) in [6.45, 7) is 10.3. The molecule has 0 saturated carbocycles. The van der Waals surface area contributed by atoms with Gasteiger partial charge in [-0.3, -0.25) is 4.79 Å². The average molecular weight is 299 g/mol. The summed E-state index contributed by atoms with van der Waals surface area (Å²) >= 11 is 0. The van der Waals surface area contributed by atoms with Crippen molar-refractivity contribution in [2.45, 2.75) is 91.5 Å². The molecule has 0 aliphatic heterocycles. The fraction of sp³-hybridized carbons (Fsp3) is 0.944. The zero-order chi connectivity index (χ0) is 16.1. The van der Waals surface area contributed by atoms with Crippen molar-refractivity contribution in [3.63, 3.8) is 0 Å². The van der Waals surface area contributed by atoms with Gasteiger partial charge in [0, 0.05) is 19.0 Å². The molecule has 126 valence electrons. The molecule has 0 fully saturated rings. The number of nitrogens with two attached hydrogens (primary N) is 1. The number of rotatable bonds is 13. The van der Waals surface area contributed by atoms with Crippen LogP contribution in [0.3, 0.4) is 0 Å². The van der Waals surface area contributed by atoms with Crippen LogP contribution in [0, 0.1) is 5.92 Å². The van der Waals surface area contributed by atoms with Gasteiger partial charge in [0.15, 0.2) is 0 Å². The first-order valence-corrected chi connectivity index (χ1v) is 8.98. The number of hydrogen-bond acceptors (Lipinski definition) is 2. The summed E-state index contributed by atoms with van der Waals surface area (Å²) in [5, 5.41) is 0. The molecule has 0 aromatic heterocycles. The van der Waals surface area contributed by atoms with Crippen LogP contribution in [0.25, 0.3) is 0 Å². The van der Waals surface area contributed by atoms with Gasteiger partial charge in [-0.15, -0.1) is 0 Å². The van der Waals surface area contributed by atoms with Crippen molar-refractivity contribution in [2.75, 3.05) is 13.1 Å². The molecule has 0 aromatic carbocycles. The Labute approximate surface area is 132 Å². The fourth-order valence-electron chi connectivity index (χ4n) is 2.62. The van der Waals surface area contributed by atoms with Crippen LogP contribution in [-0.4, -0.2) is 29.9 Å². The van der Waals surface area contributed by atoms with Gasteiger partial charge >= 0.3 is 0 Å². The molecule has 0 radical (unpaired) electrons. The van der Waals surface area contributed by atoms with Gasteiger partial charge in [-0.1, -0.05) is 52.4 Å². The average Bonchev–Trinajstić information content (AvgIpc) is 2.42. The molecule has 0 aliphatic rings. The van der Waals surface area contributed by atoms with Crippen LogP contribution < -0.4 is 5.73 Å². The van der Waals surface area contributed by atoms with Crippen LogP contribution in [0.15, 0.2) is 0 Å². The molecule has 3 nitrogen and oxygen atoms in total. The van der Waals surface area contributed by atoms with E-state index >= 15 is 0 Å². The van der Waals surface area contributed by atoms with E-state index in [1.54, 1.807) is 0 Å². The van der Waals surface area contributed by atoms with E-state index in [0.717, 1.165) is 32.4 Å². The minimum absolute atomic E-state index is 0.322. The number of carbonyl (C=O) groups excluding carboxylic acids is 1. The van der Waals surface area contributed by atoms with E-state index in [4.69, 9.17) is 5.73 Å².